The highest BCUT2D eigenvalue weighted by Gasteiger charge is 2.19. The summed E-state index contributed by atoms with van der Waals surface area (Å²) in [5.74, 6) is 0.703. The second-order valence-corrected chi connectivity index (χ2v) is 8.40. The first-order valence-corrected chi connectivity index (χ1v) is 11.2. The maximum atomic E-state index is 12.4. The van der Waals surface area contributed by atoms with E-state index < -0.39 is 5.24 Å². The second-order valence-electron chi connectivity index (χ2n) is 8.05. The van der Waals surface area contributed by atoms with Crippen LogP contribution < -0.4 is 10.4 Å². The number of tetrazole rings is 1. The lowest BCUT2D eigenvalue weighted by Crippen LogP contribution is -2.23. The number of benzene rings is 2. The number of halogens is 1. The Labute approximate surface area is 201 Å². The predicted molar refractivity (Wildman–Crippen MR) is 129 cm³/mol. The number of aromatic nitrogens is 6. The molecule has 0 bridgehead atoms. The zero-order valence-electron chi connectivity index (χ0n) is 19.7. The molecule has 0 amide bonds. The van der Waals surface area contributed by atoms with Gasteiger partial charge in [-0.25, -0.2) is 4.79 Å². The molecule has 2 aromatic heterocycles. The average molecular weight is 481 g/mol. The highest BCUT2D eigenvalue weighted by molar-refractivity contribution is 6.67. The minimum Gasteiger partial charge on any atom is -0.489 e. The Bertz CT molecular complexity index is 1450. The quantitative estimate of drug-likeness (QED) is 0.375. The van der Waals surface area contributed by atoms with Crippen molar-refractivity contribution in [1.29, 1.82) is 0 Å². The molecule has 0 N–H and O–H groups in total. The third-order valence-corrected chi connectivity index (χ3v) is 6.05. The van der Waals surface area contributed by atoms with Crippen LogP contribution in [0.25, 0.3) is 16.9 Å². The summed E-state index contributed by atoms with van der Waals surface area (Å²) in [7, 11) is 3.26. The van der Waals surface area contributed by atoms with Gasteiger partial charge in [-0.2, -0.15) is 14.5 Å². The van der Waals surface area contributed by atoms with Crippen LogP contribution in [0.3, 0.4) is 0 Å². The van der Waals surface area contributed by atoms with Crippen molar-refractivity contribution >= 4 is 16.8 Å². The van der Waals surface area contributed by atoms with E-state index in [1.807, 2.05) is 50.2 Å². The fraction of sp³-hybridized carbons (Fsp3) is 0.292. The first-order chi connectivity index (χ1) is 16.2. The van der Waals surface area contributed by atoms with Gasteiger partial charge in [0.25, 0.3) is 5.24 Å². The zero-order chi connectivity index (χ0) is 24.6. The standard InChI is InChI=1S/C24H25ClN6O3/c1-6-16-8-7-9-19(31-24(33)30(5)27-28-31)18(16)13-34-20-11-10-17(12-14(20)2)21-15(3)22(23(25)32)29(4)26-21/h7-12H,6,13H2,1-5H3. The van der Waals surface area contributed by atoms with Crippen LogP contribution in [0.15, 0.2) is 41.2 Å². The van der Waals surface area contributed by atoms with Gasteiger partial charge in [0.15, 0.2) is 0 Å². The molecule has 176 valence electrons. The molecule has 0 radical (unpaired) electrons. The molecule has 0 aliphatic rings. The Morgan fingerprint density at radius 3 is 2.44 bits per heavy atom. The molecule has 2 heterocycles. The Balaban J connectivity index is 1.65. The summed E-state index contributed by atoms with van der Waals surface area (Å²) in [6.07, 6.45) is 0.778. The van der Waals surface area contributed by atoms with Gasteiger partial charge in [-0.3, -0.25) is 9.48 Å². The van der Waals surface area contributed by atoms with E-state index in [1.54, 1.807) is 14.1 Å². The fourth-order valence-corrected chi connectivity index (χ4v) is 4.33. The minimum absolute atomic E-state index is 0.260. The number of aryl methyl sites for hydroxylation is 4. The molecule has 0 atom stereocenters. The predicted octanol–water partition coefficient (Wildman–Crippen LogP) is 3.50. The Kier molecular flexibility index (Phi) is 6.39. The summed E-state index contributed by atoms with van der Waals surface area (Å²) in [5, 5.41) is 11.7. The van der Waals surface area contributed by atoms with E-state index in [4.69, 9.17) is 16.3 Å². The van der Waals surface area contributed by atoms with Gasteiger partial charge in [0.05, 0.1) is 11.4 Å². The summed E-state index contributed by atoms with van der Waals surface area (Å²) in [5.41, 5.74) is 5.83. The monoisotopic (exact) mass is 480 g/mol. The van der Waals surface area contributed by atoms with Crippen LogP contribution in [0.5, 0.6) is 5.75 Å². The highest BCUT2D eigenvalue weighted by atomic mass is 35.5. The molecule has 0 aliphatic heterocycles. The molecule has 4 aromatic rings. The van der Waals surface area contributed by atoms with E-state index in [-0.39, 0.29) is 12.3 Å². The topological polar surface area (TPSA) is 96.8 Å². The lowest BCUT2D eigenvalue weighted by molar-refractivity contribution is 0.107. The van der Waals surface area contributed by atoms with Crippen molar-refractivity contribution in [3.63, 3.8) is 0 Å². The van der Waals surface area contributed by atoms with Gasteiger partial charge in [-0.1, -0.05) is 19.1 Å². The van der Waals surface area contributed by atoms with Gasteiger partial charge in [-0.15, -0.1) is 0 Å². The molecule has 2 aromatic carbocycles. The average Bonchev–Trinajstić information content (AvgIpc) is 3.30. The van der Waals surface area contributed by atoms with Crippen LogP contribution in [0.1, 0.15) is 39.7 Å². The summed E-state index contributed by atoms with van der Waals surface area (Å²) >= 11 is 5.71. The van der Waals surface area contributed by atoms with Gasteiger partial charge in [0.1, 0.15) is 18.1 Å². The second kappa shape index (κ2) is 9.26. The van der Waals surface area contributed by atoms with Crippen LogP contribution in [0, 0.1) is 13.8 Å². The molecular weight excluding hydrogens is 456 g/mol. The third-order valence-electron chi connectivity index (χ3n) is 5.87. The molecule has 34 heavy (non-hydrogen) atoms. The Morgan fingerprint density at radius 1 is 1.09 bits per heavy atom. The normalized spacial score (nSPS) is 11.1. The number of hydrogen-bond acceptors (Lipinski definition) is 6. The van der Waals surface area contributed by atoms with Crippen molar-refractivity contribution in [3.8, 4) is 22.7 Å². The van der Waals surface area contributed by atoms with Crippen molar-refractivity contribution in [2.24, 2.45) is 14.1 Å². The molecule has 0 saturated heterocycles. The molecule has 0 spiro atoms. The van der Waals surface area contributed by atoms with Crippen molar-refractivity contribution in [2.45, 2.75) is 33.8 Å². The SMILES string of the molecule is CCc1cccc(-n2nnn(C)c2=O)c1COc1ccc(-c2nn(C)c(C(=O)Cl)c2C)cc1C. The molecule has 0 saturated carbocycles. The maximum absolute atomic E-state index is 12.4. The van der Waals surface area contributed by atoms with Crippen LogP contribution in [-0.2, 0) is 27.1 Å². The van der Waals surface area contributed by atoms with Crippen LogP contribution in [0.2, 0.25) is 0 Å². The molecule has 10 heteroatoms. The van der Waals surface area contributed by atoms with E-state index >= 15 is 0 Å². The lowest BCUT2D eigenvalue weighted by Gasteiger charge is -2.15. The Morgan fingerprint density at radius 2 is 1.85 bits per heavy atom. The van der Waals surface area contributed by atoms with Gasteiger partial charge < -0.3 is 4.74 Å². The summed E-state index contributed by atoms with van der Waals surface area (Å²) in [6.45, 7) is 6.09. The molecule has 0 aliphatic carbocycles. The highest BCUT2D eigenvalue weighted by Crippen LogP contribution is 2.30. The van der Waals surface area contributed by atoms with Crippen molar-refractivity contribution in [2.75, 3.05) is 0 Å². The van der Waals surface area contributed by atoms with Gasteiger partial charge in [0.2, 0.25) is 0 Å². The molecular formula is C24H25ClN6O3. The minimum atomic E-state index is -0.539. The number of nitrogens with zero attached hydrogens (tertiary/aromatic N) is 6. The largest absolute Gasteiger partial charge is 0.489 e. The summed E-state index contributed by atoms with van der Waals surface area (Å²) in [6, 6.07) is 11.5. The number of ether oxygens (including phenoxy) is 1. The number of carbonyl (C=O) groups excluding carboxylic acids is 1. The van der Waals surface area contributed by atoms with E-state index in [9.17, 15) is 9.59 Å². The van der Waals surface area contributed by atoms with E-state index in [1.165, 1.54) is 14.0 Å². The lowest BCUT2D eigenvalue weighted by atomic mass is 10.0. The van der Waals surface area contributed by atoms with Crippen molar-refractivity contribution < 1.29 is 9.53 Å². The van der Waals surface area contributed by atoms with Crippen LogP contribution in [0.4, 0.5) is 0 Å². The van der Waals surface area contributed by atoms with Gasteiger partial charge in [0, 0.05) is 30.8 Å². The number of hydrogen-bond donors (Lipinski definition) is 0. The summed E-state index contributed by atoms with van der Waals surface area (Å²) in [4.78, 5) is 24.2. The Hall–Kier alpha value is -3.72. The van der Waals surface area contributed by atoms with E-state index in [0.29, 0.717) is 22.8 Å². The fourth-order valence-electron chi connectivity index (χ4n) is 4.07. The molecule has 0 unspecified atom stereocenters. The van der Waals surface area contributed by atoms with Crippen LogP contribution in [-0.4, -0.2) is 34.8 Å². The van der Waals surface area contributed by atoms with Gasteiger partial charge in [-0.05, 0) is 77.7 Å². The summed E-state index contributed by atoms with van der Waals surface area (Å²) < 4.78 is 10.2. The maximum Gasteiger partial charge on any atom is 0.368 e. The van der Waals surface area contributed by atoms with Gasteiger partial charge >= 0.3 is 5.69 Å². The van der Waals surface area contributed by atoms with Crippen molar-refractivity contribution in [1.82, 2.24) is 29.6 Å². The number of rotatable bonds is 7. The number of carbonyl (C=O) groups is 1. The van der Waals surface area contributed by atoms with E-state index in [0.717, 1.165) is 34.2 Å². The zero-order valence-corrected chi connectivity index (χ0v) is 20.4. The van der Waals surface area contributed by atoms with Crippen molar-refractivity contribution in [3.05, 3.63) is 74.8 Å². The molecule has 4 rings (SSSR count). The van der Waals surface area contributed by atoms with Crippen LogP contribution >= 0.6 is 11.6 Å². The first-order valence-electron chi connectivity index (χ1n) is 10.8. The molecule has 9 nitrogen and oxygen atoms in total. The third kappa shape index (κ3) is 4.14. The smallest absolute Gasteiger partial charge is 0.368 e. The first kappa shape index (κ1) is 23.4. The molecule has 0 fully saturated rings. The van der Waals surface area contributed by atoms with E-state index in [2.05, 4.69) is 22.4 Å².